The molecule has 0 unspecified atom stereocenters. The summed E-state index contributed by atoms with van der Waals surface area (Å²) in [4.78, 5) is 12.2. The molecule has 1 aliphatic rings. The molecule has 2 atom stereocenters. The third-order valence-electron chi connectivity index (χ3n) is 3.77. The van der Waals surface area contributed by atoms with Gasteiger partial charge in [0, 0.05) is 12.3 Å². The zero-order valence-corrected chi connectivity index (χ0v) is 11.1. The lowest BCUT2D eigenvalue weighted by Gasteiger charge is -2.31. The standard InChI is InChI=1S/C16H20O2/c1-11(2)14-8-5-9-15(17)16(14)12-6-4-7-13(10-12)18-3/h4,6-7,10,14,16H,1,5,8-9H2,2-3H3/t14-,16-/m0/s1. The van der Waals surface area contributed by atoms with Gasteiger partial charge < -0.3 is 4.74 Å². The smallest absolute Gasteiger partial charge is 0.140 e. The second kappa shape index (κ2) is 5.38. The summed E-state index contributed by atoms with van der Waals surface area (Å²) >= 11 is 0. The van der Waals surface area contributed by atoms with Crippen LogP contribution in [-0.2, 0) is 4.79 Å². The number of carbonyl (C=O) groups excluding carboxylic acids is 1. The molecule has 2 heteroatoms. The van der Waals surface area contributed by atoms with Gasteiger partial charge in [0.1, 0.15) is 11.5 Å². The maximum atomic E-state index is 12.2. The van der Waals surface area contributed by atoms with Crippen LogP contribution in [0.25, 0.3) is 0 Å². The van der Waals surface area contributed by atoms with Gasteiger partial charge >= 0.3 is 0 Å². The summed E-state index contributed by atoms with van der Waals surface area (Å²) in [7, 11) is 1.65. The molecule has 96 valence electrons. The van der Waals surface area contributed by atoms with Crippen LogP contribution in [0.2, 0.25) is 0 Å². The Kier molecular flexibility index (Phi) is 3.85. The fourth-order valence-electron chi connectivity index (χ4n) is 2.83. The number of hydrogen-bond acceptors (Lipinski definition) is 2. The Hall–Kier alpha value is -1.57. The first kappa shape index (κ1) is 12.9. The van der Waals surface area contributed by atoms with Crippen molar-refractivity contribution in [3.8, 4) is 5.75 Å². The minimum Gasteiger partial charge on any atom is -0.497 e. The molecule has 1 aromatic rings. The quantitative estimate of drug-likeness (QED) is 0.757. The van der Waals surface area contributed by atoms with Crippen molar-refractivity contribution < 1.29 is 9.53 Å². The van der Waals surface area contributed by atoms with Gasteiger partial charge in [-0.3, -0.25) is 4.79 Å². The molecule has 0 spiro atoms. The maximum Gasteiger partial charge on any atom is 0.140 e. The fraction of sp³-hybridized carbons (Fsp3) is 0.438. The molecule has 0 amide bonds. The van der Waals surface area contributed by atoms with Gasteiger partial charge in [0.15, 0.2) is 0 Å². The summed E-state index contributed by atoms with van der Waals surface area (Å²) in [6.45, 7) is 6.07. The van der Waals surface area contributed by atoms with Gasteiger partial charge in [-0.2, -0.15) is 0 Å². The molecule has 18 heavy (non-hydrogen) atoms. The highest BCUT2D eigenvalue weighted by Crippen LogP contribution is 2.39. The molecule has 0 radical (unpaired) electrons. The lowest BCUT2D eigenvalue weighted by atomic mass is 9.72. The third-order valence-corrected chi connectivity index (χ3v) is 3.77. The predicted molar refractivity (Wildman–Crippen MR) is 72.9 cm³/mol. The van der Waals surface area contributed by atoms with Crippen LogP contribution < -0.4 is 4.74 Å². The normalized spacial score (nSPS) is 23.8. The van der Waals surface area contributed by atoms with Crippen molar-refractivity contribution in [3.63, 3.8) is 0 Å². The Morgan fingerprint density at radius 3 is 2.89 bits per heavy atom. The van der Waals surface area contributed by atoms with E-state index < -0.39 is 0 Å². The summed E-state index contributed by atoms with van der Waals surface area (Å²) in [5, 5.41) is 0. The van der Waals surface area contributed by atoms with Crippen LogP contribution >= 0.6 is 0 Å². The van der Waals surface area contributed by atoms with E-state index in [4.69, 9.17) is 4.74 Å². The Balaban J connectivity index is 2.37. The number of carbonyl (C=O) groups is 1. The Morgan fingerprint density at radius 2 is 2.22 bits per heavy atom. The molecule has 0 saturated heterocycles. The van der Waals surface area contributed by atoms with E-state index in [-0.39, 0.29) is 11.8 Å². The first-order valence-electron chi connectivity index (χ1n) is 6.45. The number of hydrogen-bond donors (Lipinski definition) is 0. The van der Waals surface area contributed by atoms with E-state index in [1.54, 1.807) is 7.11 Å². The topological polar surface area (TPSA) is 26.3 Å². The fourth-order valence-corrected chi connectivity index (χ4v) is 2.83. The zero-order valence-electron chi connectivity index (χ0n) is 11.1. The Bertz CT molecular complexity index is 462. The van der Waals surface area contributed by atoms with Crippen LogP contribution in [0, 0.1) is 5.92 Å². The second-order valence-corrected chi connectivity index (χ2v) is 5.07. The maximum absolute atomic E-state index is 12.2. The monoisotopic (exact) mass is 244 g/mol. The van der Waals surface area contributed by atoms with Gasteiger partial charge in [-0.25, -0.2) is 0 Å². The van der Waals surface area contributed by atoms with Gasteiger partial charge in [0.05, 0.1) is 7.11 Å². The Labute approximate surface area is 109 Å². The summed E-state index contributed by atoms with van der Waals surface area (Å²) in [5.41, 5.74) is 2.17. The summed E-state index contributed by atoms with van der Waals surface area (Å²) < 4.78 is 5.24. The number of allylic oxidation sites excluding steroid dienone is 1. The number of methoxy groups -OCH3 is 1. The minimum atomic E-state index is -0.0358. The van der Waals surface area contributed by atoms with E-state index in [2.05, 4.69) is 6.58 Å². The van der Waals surface area contributed by atoms with E-state index in [0.29, 0.717) is 12.2 Å². The number of benzene rings is 1. The van der Waals surface area contributed by atoms with E-state index >= 15 is 0 Å². The molecule has 0 N–H and O–H groups in total. The SMILES string of the molecule is C=C(C)[C@@H]1CCCC(=O)[C@H]1c1cccc(OC)c1. The molecule has 1 saturated carbocycles. The van der Waals surface area contributed by atoms with E-state index in [1.807, 2.05) is 31.2 Å². The summed E-state index contributed by atoms with van der Waals surface area (Å²) in [6, 6.07) is 7.86. The van der Waals surface area contributed by atoms with Crippen molar-refractivity contribution >= 4 is 5.78 Å². The highest BCUT2D eigenvalue weighted by atomic mass is 16.5. The average molecular weight is 244 g/mol. The van der Waals surface area contributed by atoms with Crippen LogP contribution in [0.4, 0.5) is 0 Å². The van der Waals surface area contributed by atoms with Crippen LogP contribution in [0.3, 0.4) is 0 Å². The van der Waals surface area contributed by atoms with Gasteiger partial charge in [0.2, 0.25) is 0 Å². The molecule has 0 aromatic heterocycles. The van der Waals surface area contributed by atoms with Crippen molar-refractivity contribution in [1.29, 1.82) is 0 Å². The number of ether oxygens (including phenoxy) is 1. The molecule has 0 heterocycles. The highest BCUT2D eigenvalue weighted by molar-refractivity contribution is 5.87. The first-order valence-corrected chi connectivity index (χ1v) is 6.45. The van der Waals surface area contributed by atoms with Crippen molar-refractivity contribution in [2.45, 2.75) is 32.1 Å². The number of Topliss-reactive ketones (excluding diaryl/α,β-unsaturated/α-hetero) is 1. The van der Waals surface area contributed by atoms with E-state index in [9.17, 15) is 4.79 Å². The van der Waals surface area contributed by atoms with Crippen molar-refractivity contribution in [3.05, 3.63) is 42.0 Å². The largest absolute Gasteiger partial charge is 0.497 e. The Morgan fingerprint density at radius 1 is 1.44 bits per heavy atom. The second-order valence-electron chi connectivity index (χ2n) is 5.07. The van der Waals surface area contributed by atoms with Crippen LogP contribution in [0.5, 0.6) is 5.75 Å². The summed E-state index contributed by atoms with van der Waals surface area (Å²) in [6.07, 6.45) is 2.73. The van der Waals surface area contributed by atoms with Crippen LogP contribution in [0.15, 0.2) is 36.4 Å². The molecular formula is C16H20O2. The predicted octanol–water partition coefficient (Wildman–Crippen LogP) is 3.72. The average Bonchev–Trinajstić information content (AvgIpc) is 2.38. The van der Waals surface area contributed by atoms with Gasteiger partial charge in [0.25, 0.3) is 0 Å². The lowest BCUT2D eigenvalue weighted by molar-refractivity contribution is -0.123. The molecule has 1 aliphatic carbocycles. The summed E-state index contributed by atoms with van der Waals surface area (Å²) in [5.74, 6) is 1.39. The first-order chi connectivity index (χ1) is 8.63. The van der Waals surface area contributed by atoms with Gasteiger partial charge in [-0.1, -0.05) is 24.3 Å². The molecule has 1 fully saturated rings. The lowest BCUT2D eigenvalue weighted by Crippen LogP contribution is -2.27. The van der Waals surface area contributed by atoms with E-state index in [0.717, 1.165) is 29.7 Å². The van der Waals surface area contributed by atoms with Crippen molar-refractivity contribution in [2.75, 3.05) is 7.11 Å². The highest BCUT2D eigenvalue weighted by Gasteiger charge is 2.33. The van der Waals surface area contributed by atoms with Gasteiger partial charge in [-0.05, 0) is 43.4 Å². The molecule has 0 aliphatic heterocycles. The number of ketones is 1. The van der Waals surface area contributed by atoms with Crippen molar-refractivity contribution in [1.82, 2.24) is 0 Å². The van der Waals surface area contributed by atoms with E-state index in [1.165, 1.54) is 0 Å². The molecule has 2 rings (SSSR count). The molecular weight excluding hydrogens is 224 g/mol. The van der Waals surface area contributed by atoms with Gasteiger partial charge in [-0.15, -0.1) is 0 Å². The third kappa shape index (κ3) is 2.47. The van der Waals surface area contributed by atoms with Crippen LogP contribution in [0.1, 0.15) is 37.7 Å². The molecule has 2 nitrogen and oxygen atoms in total. The minimum absolute atomic E-state index is 0.0358. The van der Waals surface area contributed by atoms with Crippen LogP contribution in [-0.4, -0.2) is 12.9 Å². The van der Waals surface area contributed by atoms with Crippen molar-refractivity contribution in [2.24, 2.45) is 5.92 Å². The number of rotatable bonds is 3. The zero-order chi connectivity index (χ0) is 13.1. The molecule has 0 bridgehead atoms. The molecule has 1 aromatic carbocycles.